The summed E-state index contributed by atoms with van der Waals surface area (Å²) < 4.78 is 19.1. The maximum atomic E-state index is 13.5. The molecule has 4 nitrogen and oxygen atoms in total. The Balaban J connectivity index is 2.01. The molecule has 2 rings (SSSR count). The molecule has 1 N–H and O–H groups in total. The predicted molar refractivity (Wildman–Crippen MR) is 84.0 cm³/mol. The first kappa shape index (κ1) is 16.2. The van der Waals surface area contributed by atoms with Crippen LogP contribution in [-0.2, 0) is 9.53 Å². The van der Waals surface area contributed by atoms with Gasteiger partial charge in [-0.05, 0) is 47.1 Å². The van der Waals surface area contributed by atoms with E-state index in [-0.39, 0.29) is 5.69 Å². The Hall–Kier alpha value is -2.21. The van der Waals surface area contributed by atoms with Crippen LogP contribution in [0.15, 0.2) is 53.0 Å². The largest absolute Gasteiger partial charge is 0.449 e. The average Bonchev–Trinajstić information content (AvgIpc) is 2.49. The van der Waals surface area contributed by atoms with Crippen LogP contribution in [0.25, 0.3) is 0 Å². The van der Waals surface area contributed by atoms with E-state index in [4.69, 9.17) is 4.74 Å². The Kier molecular flexibility index (Phi) is 5.27. The van der Waals surface area contributed by atoms with Gasteiger partial charge in [-0.2, -0.15) is 0 Å². The standard InChI is InChI=1S/C16H13BrFNO3/c1-10(15(20)19-14-9-5-4-8-13(14)18)22-16(21)11-6-2-3-7-12(11)17/h2-10H,1H3,(H,19,20)/t10-/m1/s1. The number of rotatable bonds is 4. The van der Waals surface area contributed by atoms with E-state index in [1.807, 2.05) is 0 Å². The predicted octanol–water partition coefficient (Wildman–Crippen LogP) is 3.77. The third-order valence-corrected chi connectivity index (χ3v) is 3.57. The summed E-state index contributed by atoms with van der Waals surface area (Å²) in [4.78, 5) is 23.9. The lowest BCUT2D eigenvalue weighted by Crippen LogP contribution is -2.30. The molecule has 2 aromatic carbocycles. The van der Waals surface area contributed by atoms with Gasteiger partial charge in [-0.25, -0.2) is 9.18 Å². The van der Waals surface area contributed by atoms with Crippen LogP contribution in [-0.4, -0.2) is 18.0 Å². The summed E-state index contributed by atoms with van der Waals surface area (Å²) in [5, 5.41) is 2.38. The second-order valence-corrected chi connectivity index (χ2v) is 5.35. The number of para-hydroxylation sites is 1. The smallest absolute Gasteiger partial charge is 0.340 e. The van der Waals surface area contributed by atoms with Gasteiger partial charge >= 0.3 is 5.97 Å². The number of anilines is 1. The summed E-state index contributed by atoms with van der Waals surface area (Å²) in [5.74, 6) is -1.80. The first-order valence-corrected chi connectivity index (χ1v) is 7.29. The van der Waals surface area contributed by atoms with Gasteiger partial charge in [-0.15, -0.1) is 0 Å². The number of hydrogen-bond donors (Lipinski definition) is 1. The van der Waals surface area contributed by atoms with Crippen molar-refractivity contribution < 1.29 is 18.7 Å². The van der Waals surface area contributed by atoms with Gasteiger partial charge in [-0.3, -0.25) is 4.79 Å². The second kappa shape index (κ2) is 7.17. The summed E-state index contributed by atoms with van der Waals surface area (Å²) in [7, 11) is 0. The molecule has 0 fully saturated rings. The lowest BCUT2D eigenvalue weighted by Gasteiger charge is -2.14. The zero-order chi connectivity index (χ0) is 16.1. The van der Waals surface area contributed by atoms with Crippen molar-refractivity contribution in [2.24, 2.45) is 0 Å². The fourth-order valence-electron chi connectivity index (χ4n) is 1.70. The van der Waals surface area contributed by atoms with E-state index < -0.39 is 23.8 Å². The van der Waals surface area contributed by atoms with Crippen molar-refractivity contribution in [1.29, 1.82) is 0 Å². The molecular formula is C16H13BrFNO3. The van der Waals surface area contributed by atoms with Gasteiger partial charge < -0.3 is 10.1 Å². The van der Waals surface area contributed by atoms with Crippen LogP contribution in [0.5, 0.6) is 0 Å². The van der Waals surface area contributed by atoms with Crippen molar-refractivity contribution in [2.45, 2.75) is 13.0 Å². The summed E-state index contributed by atoms with van der Waals surface area (Å²) in [6.07, 6.45) is -1.06. The second-order valence-electron chi connectivity index (χ2n) is 4.50. The summed E-state index contributed by atoms with van der Waals surface area (Å²) in [5.41, 5.74) is 0.351. The first-order chi connectivity index (χ1) is 10.5. The lowest BCUT2D eigenvalue weighted by atomic mass is 10.2. The van der Waals surface area contributed by atoms with Crippen LogP contribution in [0, 0.1) is 5.82 Å². The van der Waals surface area contributed by atoms with Gasteiger partial charge in [0.25, 0.3) is 5.91 Å². The fraction of sp³-hybridized carbons (Fsp3) is 0.125. The Bertz CT molecular complexity index is 705. The van der Waals surface area contributed by atoms with E-state index in [1.54, 1.807) is 30.3 Å². The monoisotopic (exact) mass is 365 g/mol. The van der Waals surface area contributed by atoms with Crippen LogP contribution >= 0.6 is 15.9 Å². The number of carbonyl (C=O) groups is 2. The highest BCUT2D eigenvalue weighted by atomic mass is 79.9. The quantitative estimate of drug-likeness (QED) is 0.839. The highest BCUT2D eigenvalue weighted by molar-refractivity contribution is 9.10. The lowest BCUT2D eigenvalue weighted by molar-refractivity contribution is -0.123. The van der Waals surface area contributed by atoms with Crippen molar-refractivity contribution >= 4 is 33.5 Å². The number of benzene rings is 2. The zero-order valence-electron chi connectivity index (χ0n) is 11.7. The summed E-state index contributed by atoms with van der Waals surface area (Å²) in [6, 6.07) is 12.5. The van der Waals surface area contributed by atoms with Crippen molar-refractivity contribution in [3.05, 3.63) is 64.4 Å². The van der Waals surface area contributed by atoms with E-state index in [0.29, 0.717) is 10.0 Å². The van der Waals surface area contributed by atoms with E-state index in [2.05, 4.69) is 21.2 Å². The fourth-order valence-corrected chi connectivity index (χ4v) is 2.15. The van der Waals surface area contributed by atoms with Crippen molar-refractivity contribution in [3.63, 3.8) is 0 Å². The minimum Gasteiger partial charge on any atom is -0.449 e. The highest BCUT2D eigenvalue weighted by Crippen LogP contribution is 2.18. The van der Waals surface area contributed by atoms with Crippen molar-refractivity contribution in [1.82, 2.24) is 0 Å². The molecule has 1 amide bonds. The van der Waals surface area contributed by atoms with Crippen LogP contribution in [0.3, 0.4) is 0 Å². The molecule has 0 spiro atoms. The van der Waals surface area contributed by atoms with Crippen LogP contribution in [0.4, 0.5) is 10.1 Å². The molecule has 0 aliphatic heterocycles. The van der Waals surface area contributed by atoms with Crippen molar-refractivity contribution in [3.8, 4) is 0 Å². The van der Waals surface area contributed by atoms with E-state index in [1.165, 1.54) is 25.1 Å². The molecule has 0 bridgehead atoms. The van der Waals surface area contributed by atoms with Gasteiger partial charge in [0.05, 0.1) is 11.3 Å². The molecule has 0 saturated heterocycles. The zero-order valence-corrected chi connectivity index (χ0v) is 13.3. The molecule has 114 valence electrons. The Labute approximate surface area is 135 Å². The normalized spacial score (nSPS) is 11.6. The van der Waals surface area contributed by atoms with Crippen LogP contribution in [0.1, 0.15) is 17.3 Å². The Morgan fingerprint density at radius 1 is 1.14 bits per heavy atom. The molecule has 0 aromatic heterocycles. The van der Waals surface area contributed by atoms with Gasteiger partial charge in [0.15, 0.2) is 6.10 Å². The molecule has 0 aliphatic carbocycles. The SMILES string of the molecule is C[C@@H](OC(=O)c1ccccc1Br)C(=O)Nc1ccccc1F. The van der Waals surface area contributed by atoms with Gasteiger partial charge in [0.2, 0.25) is 0 Å². The summed E-state index contributed by atoms with van der Waals surface area (Å²) >= 11 is 3.24. The summed E-state index contributed by atoms with van der Waals surface area (Å²) in [6.45, 7) is 1.42. The molecule has 0 aliphatic rings. The highest BCUT2D eigenvalue weighted by Gasteiger charge is 2.21. The number of halogens is 2. The number of nitrogens with one attached hydrogen (secondary N) is 1. The molecule has 0 heterocycles. The number of hydrogen-bond acceptors (Lipinski definition) is 3. The first-order valence-electron chi connectivity index (χ1n) is 6.50. The molecule has 0 saturated carbocycles. The third kappa shape index (κ3) is 3.92. The molecular weight excluding hydrogens is 353 g/mol. The van der Waals surface area contributed by atoms with Gasteiger partial charge in [-0.1, -0.05) is 24.3 Å². The van der Waals surface area contributed by atoms with Crippen molar-refractivity contribution in [2.75, 3.05) is 5.32 Å². The molecule has 6 heteroatoms. The third-order valence-electron chi connectivity index (χ3n) is 2.88. The number of esters is 1. The average molecular weight is 366 g/mol. The maximum absolute atomic E-state index is 13.5. The van der Waals surface area contributed by atoms with Crippen LogP contribution < -0.4 is 5.32 Å². The van der Waals surface area contributed by atoms with E-state index >= 15 is 0 Å². The topological polar surface area (TPSA) is 55.4 Å². The Morgan fingerprint density at radius 2 is 1.77 bits per heavy atom. The van der Waals surface area contributed by atoms with Gasteiger partial charge in [0.1, 0.15) is 5.82 Å². The minimum atomic E-state index is -1.06. The van der Waals surface area contributed by atoms with Crippen LogP contribution in [0.2, 0.25) is 0 Å². The molecule has 0 radical (unpaired) electrons. The number of amides is 1. The Morgan fingerprint density at radius 3 is 2.45 bits per heavy atom. The maximum Gasteiger partial charge on any atom is 0.340 e. The van der Waals surface area contributed by atoms with E-state index in [9.17, 15) is 14.0 Å². The molecule has 2 aromatic rings. The number of ether oxygens (including phenoxy) is 1. The molecule has 1 atom stereocenters. The minimum absolute atomic E-state index is 0.0382. The molecule has 0 unspecified atom stereocenters. The molecule has 22 heavy (non-hydrogen) atoms. The van der Waals surface area contributed by atoms with E-state index in [0.717, 1.165) is 0 Å². The number of carbonyl (C=O) groups excluding carboxylic acids is 2. The van der Waals surface area contributed by atoms with Gasteiger partial charge in [0, 0.05) is 4.47 Å².